The molecule has 0 bridgehead atoms. The summed E-state index contributed by atoms with van der Waals surface area (Å²) >= 11 is 11.8. The highest BCUT2D eigenvalue weighted by atomic mass is 35.5. The van der Waals surface area contributed by atoms with E-state index in [0.29, 0.717) is 35.1 Å². The predicted octanol–water partition coefficient (Wildman–Crippen LogP) is 4.03. The van der Waals surface area contributed by atoms with Crippen molar-refractivity contribution in [3.05, 3.63) is 58.6 Å². The lowest BCUT2D eigenvalue weighted by Gasteiger charge is -2.31. The number of carbonyl (C=O) groups excluding carboxylic acids is 1. The van der Waals surface area contributed by atoms with Gasteiger partial charge in [-0.05, 0) is 55.3 Å². The highest BCUT2D eigenvalue weighted by Gasteiger charge is 2.33. The Bertz CT molecular complexity index is 901. The summed E-state index contributed by atoms with van der Waals surface area (Å²) in [4.78, 5) is 12.7. The van der Waals surface area contributed by atoms with Crippen LogP contribution in [0.15, 0.2) is 53.4 Å². The standard InChI is InChI=1S/C18H18Cl2N2O3S/c19-14-6-8-17(9-7-14)26(24,25)22-10-2-3-13(12-22)18(23)21-16-5-1-4-15(20)11-16/h1,4-9,11,13H,2-3,10,12H2,(H,21,23). The summed E-state index contributed by atoms with van der Waals surface area (Å²) in [6.07, 6.45) is 1.26. The summed E-state index contributed by atoms with van der Waals surface area (Å²) in [6, 6.07) is 12.9. The lowest BCUT2D eigenvalue weighted by atomic mass is 9.99. The van der Waals surface area contributed by atoms with Gasteiger partial charge in [0.15, 0.2) is 0 Å². The molecule has 1 saturated heterocycles. The first-order valence-electron chi connectivity index (χ1n) is 8.18. The first-order valence-corrected chi connectivity index (χ1v) is 10.4. The normalized spacial score (nSPS) is 18.5. The van der Waals surface area contributed by atoms with Gasteiger partial charge in [0.2, 0.25) is 15.9 Å². The van der Waals surface area contributed by atoms with Gasteiger partial charge in [0.1, 0.15) is 0 Å². The van der Waals surface area contributed by atoms with Crippen LogP contribution in [0.4, 0.5) is 5.69 Å². The van der Waals surface area contributed by atoms with Crippen molar-refractivity contribution in [1.82, 2.24) is 4.31 Å². The Morgan fingerprint density at radius 1 is 1.08 bits per heavy atom. The van der Waals surface area contributed by atoms with Crippen LogP contribution in [0.2, 0.25) is 10.0 Å². The third-order valence-electron chi connectivity index (χ3n) is 4.30. The third-order valence-corrected chi connectivity index (χ3v) is 6.66. The van der Waals surface area contributed by atoms with E-state index in [0.717, 1.165) is 0 Å². The van der Waals surface area contributed by atoms with Crippen LogP contribution in [-0.4, -0.2) is 31.7 Å². The van der Waals surface area contributed by atoms with Crippen molar-refractivity contribution in [3.8, 4) is 0 Å². The average molecular weight is 413 g/mol. The second kappa shape index (κ2) is 7.96. The minimum absolute atomic E-state index is 0.150. The van der Waals surface area contributed by atoms with Crippen molar-refractivity contribution in [2.75, 3.05) is 18.4 Å². The maximum absolute atomic E-state index is 12.8. The van der Waals surface area contributed by atoms with Crippen LogP contribution in [0, 0.1) is 5.92 Å². The molecule has 1 fully saturated rings. The molecule has 3 rings (SSSR count). The number of hydrogen-bond donors (Lipinski definition) is 1. The van der Waals surface area contributed by atoms with Gasteiger partial charge in [-0.15, -0.1) is 0 Å². The van der Waals surface area contributed by atoms with Gasteiger partial charge >= 0.3 is 0 Å². The number of hydrogen-bond acceptors (Lipinski definition) is 3. The summed E-state index contributed by atoms with van der Waals surface area (Å²) < 4.78 is 27.0. The molecule has 0 aromatic heterocycles. The molecule has 138 valence electrons. The van der Waals surface area contributed by atoms with Crippen molar-refractivity contribution in [2.24, 2.45) is 5.92 Å². The van der Waals surface area contributed by atoms with Gasteiger partial charge < -0.3 is 5.32 Å². The molecule has 1 atom stereocenters. The summed E-state index contributed by atoms with van der Waals surface area (Å²) in [5.41, 5.74) is 0.597. The first-order chi connectivity index (χ1) is 12.4. The Morgan fingerprint density at radius 2 is 1.81 bits per heavy atom. The maximum atomic E-state index is 12.8. The predicted molar refractivity (Wildman–Crippen MR) is 103 cm³/mol. The molecule has 0 saturated carbocycles. The van der Waals surface area contributed by atoms with Crippen molar-refractivity contribution in [1.29, 1.82) is 0 Å². The molecule has 1 amide bonds. The molecule has 1 aliphatic heterocycles. The van der Waals surface area contributed by atoms with E-state index in [2.05, 4.69) is 5.32 Å². The van der Waals surface area contributed by atoms with E-state index in [4.69, 9.17) is 23.2 Å². The molecular weight excluding hydrogens is 395 g/mol. The Labute approximate surface area is 163 Å². The zero-order valence-electron chi connectivity index (χ0n) is 13.9. The molecular formula is C18H18Cl2N2O3S. The van der Waals surface area contributed by atoms with Crippen LogP contribution in [0.3, 0.4) is 0 Å². The Morgan fingerprint density at radius 3 is 2.50 bits per heavy atom. The lowest BCUT2D eigenvalue weighted by molar-refractivity contribution is -0.120. The molecule has 2 aromatic carbocycles. The number of anilines is 1. The van der Waals surface area contributed by atoms with Crippen LogP contribution in [0.1, 0.15) is 12.8 Å². The molecule has 1 N–H and O–H groups in total. The van der Waals surface area contributed by atoms with Crippen molar-refractivity contribution >= 4 is 44.8 Å². The van der Waals surface area contributed by atoms with Crippen molar-refractivity contribution < 1.29 is 13.2 Å². The van der Waals surface area contributed by atoms with Gasteiger partial charge in [-0.2, -0.15) is 4.31 Å². The number of carbonyl (C=O) groups is 1. The maximum Gasteiger partial charge on any atom is 0.243 e. The van der Waals surface area contributed by atoms with E-state index in [9.17, 15) is 13.2 Å². The Hall–Kier alpha value is -1.60. The quantitative estimate of drug-likeness (QED) is 0.823. The van der Waals surface area contributed by atoms with Gasteiger partial charge in [-0.1, -0.05) is 29.3 Å². The van der Waals surface area contributed by atoms with Gasteiger partial charge in [0.25, 0.3) is 0 Å². The highest BCUT2D eigenvalue weighted by molar-refractivity contribution is 7.89. The number of amides is 1. The molecule has 8 heteroatoms. The zero-order chi connectivity index (χ0) is 18.7. The Kier molecular flexibility index (Phi) is 5.87. The molecule has 0 aliphatic carbocycles. The second-order valence-corrected chi connectivity index (χ2v) is 8.97. The molecule has 1 heterocycles. The highest BCUT2D eigenvalue weighted by Crippen LogP contribution is 2.26. The number of halogens is 2. The Balaban J connectivity index is 1.72. The number of sulfonamides is 1. The summed E-state index contributed by atoms with van der Waals surface area (Å²) in [7, 11) is -3.65. The van der Waals surface area contributed by atoms with Gasteiger partial charge in [0, 0.05) is 28.8 Å². The first kappa shape index (κ1) is 19.2. The van der Waals surface area contributed by atoms with Gasteiger partial charge in [-0.3, -0.25) is 4.79 Å². The average Bonchev–Trinajstić information content (AvgIpc) is 2.62. The lowest BCUT2D eigenvalue weighted by Crippen LogP contribution is -2.43. The van der Waals surface area contributed by atoms with Crippen LogP contribution in [0.25, 0.3) is 0 Å². The van der Waals surface area contributed by atoms with E-state index < -0.39 is 15.9 Å². The fourth-order valence-corrected chi connectivity index (χ4v) is 4.78. The molecule has 0 spiro atoms. The third kappa shape index (κ3) is 4.38. The molecule has 1 aliphatic rings. The molecule has 2 aromatic rings. The number of nitrogens with one attached hydrogen (secondary N) is 1. The number of benzene rings is 2. The van der Waals surface area contributed by atoms with Crippen LogP contribution in [-0.2, 0) is 14.8 Å². The fraction of sp³-hybridized carbons (Fsp3) is 0.278. The monoisotopic (exact) mass is 412 g/mol. The minimum Gasteiger partial charge on any atom is -0.326 e. The molecule has 26 heavy (non-hydrogen) atoms. The zero-order valence-corrected chi connectivity index (χ0v) is 16.2. The fourth-order valence-electron chi connectivity index (χ4n) is 2.94. The van der Waals surface area contributed by atoms with Gasteiger partial charge in [-0.25, -0.2) is 8.42 Å². The van der Waals surface area contributed by atoms with Crippen LogP contribution in [0.5, 0.6) is 0 Å². The SMILES string of the molecule is O=C(Nc1cccc(Cl)c1)C1CCCN(S(=O)(=O)c2ccc(Cl)cc2)C1. The summed E-state index contributed by atoms with van der Waals surface area (Å²) in [5.74, 6) is -0.618. The van der Waals surface area contributed by atoms with E-state index in [1.54, 1.807) is 36.4 Å². The van der Waals surface area contributed by atoms with Crippen LogP contribution >= 0.6 is 23.2 Å². The van der Waals surface area contributed by atoms with Crippen LogP contribution < -0.4 is 5.32 Å². The molecule has 5 nitrogen and oxygen atoms in total. The molecule has 0 radical (unpaired) electrons. The largest absolute Gasteiger partial charge is 0.326 e. The summed E-state index contributed by atoms with van der Waals surface area (Å²) in [5, 5.41) is 3.81. The topological polar surface area (TPSA) is 66.5 Å². The van der Waals surface area contributed by atoms with E-state index in [-0.39, 0.29) is 17.3 Å². The van der Waals surface area contributed by atoms with E-state index in [1.807, 2.05) is 0 Å². The summed E-state index contributed by atoms with van der Waals surface area (Å²) in [6.45, 7) is 0.545. The smallest absolute Gasteiger partial charge is 0.243 e. The van der Waals surface area contributed by atoms with E-state index in [1.165, 1.54) is 16.4 Å². The van der Waals surface area contributed by atoms with Crippen molar-refractivity contribution in [3.63, 3.8) is 0 Å². The molecule has 1 unspecified atom stereocenters. The number of nitrogens with zero attached hydrogens (tertiary/aromatic N) is 1. The van der Waals surface area contributed by atoms with E-state index >= 15 is 0 Å². The number of piperidine rings is 1. The minimum atomic E-state index is -3.65. The van der Waals surface area contributed by atoms with Gasteiger partial charge in [0.05, 0.1) is 10.8 Å². The van der Waals surface area contributed by atoms with Crippen molar-refractivity contribution in [2.45, 2.75) is 17.7 Å². The second-order valence-electron chi connectivity index (χ2n) is 6.16. The number of rotatable bonds is 4.